The molecule has 2 atom stereocenters. The van der Waals surface area contributed by atoms with E-state index in [1.165, 1.54) is 11.1 Å². The van der Waals surface area contributed by atoms with Crippen molar-refractivity contribution in [2.24, 2.45) is 0 Å². The first-order valence-electron chi connectivity index (χ1n) is 6.86. The van der Waals surface area contributed by atoms with Crippen LogP contribution in [-0.4, -0.2) is 10.7 Å². The Labute approximate surface area is 137 Å². The van der Waals surface area contributed by atoms with E-state index in [1.807, 2.05) is 31.2 Å². The number of carbonyl (C=O) groups is 1. The average molecular weight is 365 g/mol. The van der Waals surface area contributed by atoms with Gasteiger partial charge in [-0.25, -0.2) is 0 Å². The molecular weight excluding hydrogens is 350 g/mol. The lowest BCUT2D eigenvalue weighted by Gasteiger charge is -2.18. The molecule has 1 aliphatic rings. The fourth-order valence-corrected chi connectivity index (χ4v) is 3.73. The fraction of sp³-hybridized carbons (Fsp3) is 0.235. The van der Waals surface area contributed by atoms with Gasteiger partial charge in [0.05, 0.1) is 16.6 Å². The van der Waals surface area contributed by atoms with Crippen LogP contribution < -0.4 is 5.32 Å². The van der Waals surface area contributed by atoms with E-state index in [0.29, 0.717) is 10.6 Å². The minimum absolute atomic E-state index is 0.0229. The van der Waals surface area contributed by atoms with Gasteiger partial charge in [0, 0.05) is 4.83 Å². The summed E-state index contributed by atoms with van der Waals surface area (Å²) in [5.41, 5.74) is 3.89. The molecule has 2 nitrogen and oxygen atoms in total. The Hall–Kier alpha value is -1.32. The summed E-state index contributed by atoms with van der Waals surface area (Å²) in [6, 6.07) is 13.7. The van der Waals surface area contributed by atoms with E-state index in [1.54, 1.807) is 6.07 Å². The third kappa shape index (κ3) is 2.72. The van der Waals surface area contributed by atoms with Crippen LogP contribution in [0, 0.1) is 6.92 Å². The first-order valence-corrected chi connectivity index (χ1v) is 8.15. The molecule has 2 aromatic carbocycles. The third-order valence-corrected chi connectivity index (χ3v) is 5.24. The maximum atomic E-state index is 12.5. The highest BCUT2D eigenvalue weighted by molar-refractivity contribution is 9.09. The first-order chi connectivity index (χ1) is 10.1. The van der Waals surface area contributed by atoms with Gasteiger partial charge in [-0.15, -0.1) is 0 Å². The van der Waals surface area contributed by atoms with E-state index in [4.69, 9.17) is 11.6 Å². The molecule has 0 bridgehead atoms. The molecule has 1 N–H and O–H groups in total. The van der Waals surface area contributed by atoms with Gasteiger partial charge >= 0.3 is 0 Å². The molecule has 0 aromatic heterocycles. The zero-order valence-corrected chi connectivity index (χ0v) is 13.9. The highest BCUT2D eigenvalue weighted by Crippen LogP contribution is 2.36. The number of fused-ring (bicyclic) bond motifs is 1. The van der Waals surface area contributed by atoms with Crippen LogP contribution in [0.4, 0.5) is 0 Å². The van der Waals surface area contributed by atoms with Gasteiger partial charge in [0.2, 0.25) is 0 Å². The molecule has 2 unspecified atom stereocenters. The molecular formula is C17H15BrClNO. The van der Waals surface area contributed by atoms with E-state index in [9.17, 15) is 4.79 Å². The molecule has 2 aromatic rings. The monoisotopic (exact) mass is 363 g/mol. The second kappa shape index (κ2) is 5.82. The maximum absolute atomic E-state index is 12.5. The van der Waals surface area contributed by atoms with Crippen molar-refractivity contribution in [2.45, 2.75) is 24.2 Å². The van der Waals surface area contributed by atoms with Gasteiger partial charge < -0.3 is 5.32 Å². The smallest absolute Gasteiger partial charge is 0.253 e. The van der Waals surface area contributed by atoms with Gasteiger partial charge in [-0.1, -0.05) is 63.9 Å². The topological polar surface area (TPSA) is 29.1 Å². The van der Waals surface area contributed by atoms with Gasteiger partial charge in [-0.2, -0.15) is 0 Å². The number of hydrogen-bond acceptors (Lipinski definition) is 1. The number of aryl methyl sites for hydroxylation is 1. The number of alkyl halides is 1. The molecule has 0 fully saturated rings. The Morgan fingerprint density at radius 1 is 1.24 bits per heavy atom. The molecule has 0 saturated heterocycles. The normalized spacial score (nSPS) is 20.1. The Morgan fingerprint density at radius 2 is 2.00 bits per heavy atom. The lowest BCUT2D eigenvalue weighted by molar-refractivity contribution is 0.0938. The van der Waals surface area contributed by atoms with E-state index in [-0.39, 0.29) is 16.8 Å². The maximum Gasteiger partial charge on any atom is 0.253 e. The number of rotatable bonds is 2. The van der Waals surface area contributed by atoms with Crippen molar-refractivity contribution < 1.29 is 4.79 Å². The number of carbonyl (C=O) groups excluding carboxylic acids is 1. The number of nitrogens with one attached hydrogen (secondary N) is 1. The summed E-state index contributed by atoms with van der Waals surface area (Å²) >= 11 is 9.91. The van der Waals surface area contributed by atoms with Crippen molar-refractivity contribution in [3.8, 4) is 0 Å². The molecule has 0 saturated carbocycles. The lowest BCUT2D eigenvalue weighted by Crippen LogP contribution is -2.31. The van der Waals surface area contributed by atoms with Crippen LogP contribution in [0.5, 0.6) is 0 Å². The predicted octanol–water partition coefficient (Wildman–Crippen LogP) is 4.44. The highest BCUT2D eigenvalue weighted by Gasteiger charge is 2.32. The van der Waals surface area contributed by atoms with Crippen LogP contribution in [0.2, 0.25) is 5.02 Å². The first kappa shape index (κ1) is 14.6. The van der Waals surface area contributed by atoms with E-state index in [0.717, 1.165) is 12.0 Å². The molecule has 0 spiro atoms. The number of benzene rings is 2. The standard InChI is InChI=1S/C17H15BrClNO/c1-10-5-4-8-13(15(10)19)17(21)20-16-12-7-3-2-6-11(12)9-14(16)18/h2-8,14,16H,9H2,1H3,(H,20,21). The Kier molecular flexibility index (Phi) is 4.05. The second-order valence-corrected chi connectivity index (χ2v) is 6.86. The number of halogens is 2. The SMILES string of the molecule is Cc1cccc(C(=O)NC2c3ccccc3CC2Br)c1Cl. The third-order valence-electron chi connectivity index (χ3n) is 3.89. The molecule has 1 amide bonds. The van der Waals surface area contributed by atoms with Gasteiger partial charge in [0.1, 0.15) is 0 Å². The molecule has 3 rings (SSSR count). The van der Waals surface area contributed by atoms with Gasteiger partial charge in [0.25, 0.3) is 5.91 Å². The van der Waals surface area contributed by atoms with Crippen molar-refractivity contribution in [3.05, 3.63) is 69.7 Å². The van der Waals surface area contributed by atoms with Gasteiger partial charge in [-0.05, 0) is 36.1 Å². The van der Waals surface area contributed by atoms with Crippen molar-refractivity contribution >= 4 is 33.4 Å². The van der Waals surface area contributed by atoms with Crippen LogP contribution in [0.3, 0.4) is 0 Å². The van der Waals surface area contributed by atoms with Crippen molar-refractivity contribution in [1.29, 1.82) is 0 Å². The highest BCUT2D eigenvalue weighted by atomic mass is 79.9. The summed E-state index contributed by atoms with van der Waals surface area (Å²) < 4.78 is 0. The molecule has 21 heavy (non-hydrogen) atoms. The van der Waals surface area contributed by atoms with Crippen LogP contribution in [0.15, 0.2) is 42.5 Å². The average Bonchev–Trinajstić information content (AvgIpc) is 2.78. The van der Waals surface area contributed by atoms with Crippen molar-refractivity contribution in [3.63, 3.8) is 0 Å². The summed E-state index contributed by atoms with van der Waals surface area (Å²) in [6.07, 6.45) is 0.919. The van der Waals surface area contributed by atoms with Crippen LogP contribution >= 0.6 is 27.5 Å². The minimum atomic E-state index is -0.130. The van der Waals surface area contributed by atoms with E-state index >= 15 is 0 Å². The number of hydrogen-bond donors (Lipinski definition) is 1. The summed E-state index contributed by atoms with van der Waals surface area (Å²) in [5, 5.41) is 3.62. The van der Waals surface area contributed by atoms with Gasteiger partial charge in [0.15, 0.2) is 0 Å². The predicted molar refractivity (Wildman–Crippen MR) is 89.3 cm³/mol. The molecule has 1 aliphatic carbocycles. The summed E-state index contributed by atoms with van der Waals surface area (Å²) in [6.45, 7) is 1.90. The molecule has 0 heterocycles. The van der Waals surface area contributed by atoms with Crippen LogP contribution in [0.25, 0.3) is 0 Å². The molecule has 108 valence electrons. The quantitative estimate of drug-likeness (QED) is 0.784. The van der Waals surface area contributed by atoms with Crippen molar-refractivity contribution in [2.75, 3.05) is 0 Å². The summed E-state index contributed by atoms with van der Waals surface area (Å²) in [7, 11) is 0. The molecule has 0 radical (unpaired) electrons. The number of amides is 1. The van der Waals surface area contributed by atoms with E-state index < -0.39 is 0 Å². The largest absolute Gasteiger partial charge is 0.344 e. The summed E-state index contributed by atoms with van der Waals surface area (Å²) in [4.78, 5) is 12.7. The lowest BCUT2D eigenvalue weighted by atomic mass is 10.1. The molecule has 0 aliphatic heterocycles. The van der Waals surface area contributed by atoms with E-state index in [2.05, 4.69) is 33.4 Å². The zero-order chi connectivity index (χ0) is 15.0. The molecule has 4 heteroatoms. The van der Waals surface area contributed by atoms with Crippen molar-refractivity contribution in [1.82, 2.24) is 5.32 Å². The Bertz CT molecular complexity index is 701. The van der Waals surface area contributed by atoms with Crippen LogP contribution in [0.1, 0.15) is 33.1 Å². The second-order valence-electron chi connectivity index (χ2n) is 5.31. The van der Waals surface area contributed by atoms with Gasteiger partial charge in [-0.3, -0.25) is 4.79 Å². The minimum Gasteiger partial charge on any atom is -0.344 e. The fourth-order valence-electron chi connectivity index (χ4n) is 2.76. The zero-order valence-electron chi connectivity index (χ0n) is 11.6. The Balaban J connectivity index is 1.87. The van der Waals surface area contributed by atoms with Crippen LogP contribution in [-0.2, 0) is 6.42 Å². The Morgan fingerprint density at radius 3 is 2.81 bits per heavy atom. The summed E-state index contributed by atoms with van der Waals surface area (Å²) in [5.74, 6) is -0.130.